The van der Waals surface area contributed by atoms with Crippen LogP contribution < -0.4 is 16.4 Å². The van der Waals surface area contributed by atoms with Crippen molar-refractivity contribution in [1.29, 1.82) is 0 Å². The summed E-state index contributed by atoms with van der Waals surface area (Å²) < 4.78 is 31.8. The smallest absolute Gasteiger partial charge is 0.411 e. The molecule has 1 aliphatic heterocycles. The molecule has 0 spiro atoms. The summed E-state index contributed by atoms with van der Waals surface area (Å²) in [6.07, 6.45) is 0.595. The number of hydrogen-bond acceptors (Lipinski definition) is 6. The van der Waals surface area contributed by atoms with Crippen molar-refractivity contribution in [3.63, 3.8) is 0 Å². The Hall–Kier alpha value is -2.66. The van der Waals surface area contributed by atoms with Crippen molar-refractivity contribution in [3.8, 4) is 0 Å². The fraction of sp³-hybridized carbons (Fsp3) is 0.440. The molecule has 0 unspecified atom stereocenters. The summed E-state index contributed by atoms with van der Waals surface area (Å²) >= 11 is 6.21. The van der Waals surface area contributed by atoms with Gasteiger partial charge in [-0.3, -0.25) is 10.1 Å². The van der Waals surface area contributed by atoms with Crippen molar-refractivity contribution in [2.45, 2.75) is 32.7 Å². The predicted octanol–water partition coefficient (Wildman–Crippen LogP) is 3.14. The van der Waals surface area contributed by atoms with Gasteiger partial charge in [0.15, 0.2) is 0 Å². The number of nitrogens with zero attached hydrogens (tertiary/aromatic N) is 1. The Morgan fingerprint density at radius 3 is 2.39 bits per heavy atom. The van der Waals surface area contributed by atoms with Crippen LogP contribution in [0.2, 0.25) is 5.02 Å². The van der Waals surface area contributed by atoms with Gasteiger partial charge in [0.2, 0.25) is 15.9 Å². The highest BCUT2D eigenvalue weighted by atomic mass is 35.5. The summed E-state index contributed by atoms with van der Waals surface area (Å²) in [6.45, 7) is 2.33. The number of sulfonamides is 1. The number of benzene rings is 2. The van der Waals surface area contributed by atoms with Gasteiger partial charge in [-0.15, -0.1) is 0 Å². The molecule has 11 heteroatoms. The molecule has 0 saturated carbocycles. The largest absolute Gasteiger partial charge is 0.448 e. The van der Waals surface area contributed by atoms with Crippen molar-refractivity contribution < 1.29 is 22.7 Å². The molecule has 4 N–H and O–H groups in total. The summed E-state index contributed by atoms with van der Waals surface area (Å²) in [5, 5.41) is 6.09. The molecule has 196 valence electrons. The molecule has 36 heavy (non-hydrogen) atoms. The lowest BCUT2D eigenvalue weighted by Gasteiger charge is -2.39. The molecule has 2 amide bonds. The zero-order valence-electron chi connectivity index (χ0n) is 20.3. The molecule has 1 aliphatic rings. The van der Waals surface area contributed by atoms with Crippen LogP contribution in [-0.4, -0.2) is 56.7 Å². The lowest BCUT2D eigenvalue weighted by Crippen LogP contribution is -2.53. The molecule has 1 heterocycles. The van der Waals surface area contributed by atoms with Crippen LogP contribution in [0.3, 0.4) is 0 Å². The molecule has 0 bridgehead atoms. The van der Waals surface area contributed by atoms with Gasteiger partial charge in [0, 0.05) is 36.9 Å². The summed E-state index contributed by atoms with van der Waals surface area (Å²) in [7, 11) is -3.51. The number of hydrogen-bond donors (Lipinski definition) is 3. The van der Waals surface area contributed by atoms with Gasteiger partial charge in [0.25, 0.3) is 0 Å². The monoisotopic (exact) mass is 536 g/mol. The van der Waals surface area contributed by atoms with E-state index in [1.165, 1.54) is 4.31 Å². The van der Waals surface area contributed by atoms with Gasteiger partial charge >= 0.3 is 6.09 Å². The minimum atomic E-state index is -3.51. The first-order valence-corrected chi connectivity index (χ1v) is 13.9. The third-order valence-electron chi connectivity index (χ3n) is 6.42. The van der Waals surface area contributed by atoms with Gasteiger partial charge < -0.3 is 15.8 Å². The summed E-state index contributed by atoms with van der Waals surface area (Å²) in [5.74, 6) is -0.479. The molecule has 0 aromatic heterocycles. The molecule has 0 aliphatic carbocycles. The fourth-order valence-electron chi connectivity index (χ4n) is 4.09. The average molecular weight is 537 g/mol. The van der Waals surface area contributed by atoms with Crippen LogP contribution in [0.25, 0.3) is 0 Å². The molecule has 9 nitrogen and oxygen atoms in total. The number of carbonyl (C=O) groups excluding carboxylic acids is 2. The molecule has 3 rings (SSSR count). The highest BCUT2D eigenvalue weighted by Gasteiger charge is 2.44. The molecular weight excluding hydrogens is 504 g/mol. The van der Waals surface area contributed by atoms with E-state index in [0.29, 0.717) is 10.7 Å². The van der Waals surface area contributed by atoms with Gasteiger partial charge in [0.05, 0.1) is 11.2 Å². The summed E-state index contributed by atoms with van der Waals surface area (Å²) in [6, 6.07) is 14.6. The Morgan fingerprint density at radius 2 is 1.78 bits per heavy atom. The highest BCUT2D eigenvalue weighted by molar-refractivity contribution is 7.89. The number of amides is 2. The van der Waals surface area contributed by atoms with Gasteiger partial charge in [-0.1, -0.05) is 48.9 Å². The lowest BCUT2D eigenvalue weighted by molar-refractivity contribution is -0.136. The highest BCUT2D eigenvalue weighted by Crippen LogP contribution is 2.34. The molecule has 2 aromatic carbocycles. The Morgan fingerprint density at radius 1 is 1.11 bits per heavy atom. The topological polar surface area (TPSA) is 131 Å². The summed E-state index contributed by atoms with van der Waals surface area (Å²) in [5.41, 5.74) is 6.83. The average Bonchev–Trinajstić information content (AvgIpc) is 2.87. The Balaban J connectivity index is 1.69. The molecular formula is C25H33ClN4O5S. The van der Waals surface area contributed by atoms with Crippen molar-refractivity contribution in [2.24, 2.45) is 11.1 Å². The van der Waals surface area contributed by atoms with Crippen molar-refractivity contribution in [1.82, 2.24) is 9.62 Å². The number of aryl methyl sites for hydroxylation is 1. The van der Waals surface area contributed by atoms with Crippen LogP contribution in [0, 0.1) is 5.41 Å². The second kappa shape index (κ2) is 12.5. The first-order valence-electron chi connectivity index (χ1n) is 11.9. The Bertz CT molecular complexity index is 1150. The number of halogens is 1. The molecule has 0 atom stereocenters. The maximum atomic E-state index is 13.4. The zero-order chi connectivity index (χ0) is 26.2. The van der Waals surface area contributed by atoms with Gasteiger partial charge in [-0.25, -0.2) is 17.5 Å². The quantitative estimate of drug-likeness (QED) is 0.427. The van der Waals surface area contributed by atoms with E-state index in [9.17, 15) is 18.0 Å². The minimum absolute atomic E-state index is 0.0187. The number of carbonyl (C=O) groups is 2. The third kappa shape index (κ3) is 7.19. The molecule has 0 radical (unpaired) electrons. The van der Waals surface area contributed by atoms with Gasteiger partial charge in [-0.05, 0) is 48.6 Å². The summed E-state index contributed by atoms with van der Waals surface area (Å²) in [4.78, 5) is 25.9. The van der Waals surface area contributed by atoms with E-state index in [0.717, 1.165) is 17.5 Å². The van der Waals surface area contributed by atoms with Crippen LogP contribution in [0.5, 0.6) is 0 Å². The van der Waals surface area contributed by atoms with E-state index in [1.54, 1.807) is 24.3 Å². The lowest BCUT2D eigenvalue weighted by atomic mass is 9.78. The third-order valence-corrected chi connectivity index (χ3v) is 8.69. The number of piperidine rings is 1. The maximum Gasteiger partial charge on any atom is 0.411 e. The van der Waals surface area contributed by atoms with Gasteiger partial charge in [0.1, 0.15) is 6.61 Å². The van der Waals surface area contributed by atoms with Crippen molar-refractivity contribution in [2.75, 3.05) is 37.3 Å². The fourth-order valence-corrected chi connectivity index (χ4v) is 5.59. The van der Waals surface area contributed by atoms with E-state index in [-0.39, 0.29) is 57.3 Å². The normalized spacial score (nSPS) is 15.8. The Labute approximate surface area is 217 Å². The second-order valence-corrected chi connectivity index (χ2v) is 11.3. The number of anilines is 1. The first kappa shape index (κ1) is 27.9. The standard InChI is InChI=1S/C25H33ClN4O5S/c1-2-19-7-9-21(10-8-19)29-24(32)35-18-25(11-14-30(15-12-25)36(33,34)16-13-27)23(31)28-17-20-5-3-4-6-22(20)26/h3-10H,2,11-18,27H2,1H3,(H,28,31)(H,29,32). The molecule has 1 fully saturated rings. The number of rotatable bonds is 10. The number of nitrogens with two attached hydrogens (primary N) is 1. The van der Waals surface area contributed by atoms with E-state index in [4.69, 9.17) is 22.1 Å². The minimum Gasteiger partial charge on any atom is -0.448 e. The number of nitrogens with one attached hydrogen (secondary N) is 2. The second-order valence-electron chi connectivity index (χ2n) is 8.81. The maximum absolute atomic E-state index is 13.4. The van der Waals surface area contributed by atoms with E-state index >= 15 is 0 Å². The van der Waals surface area contributed by atoms with Gasteiger partial charge in [-0.2, -0.15) is 0 Å². The predicted molar refractivity (Wildman–Crippen MR) is 140 cm³/mol. The van der Waals surface area contributed by atoms with Crippen LogP contribution in [0.1, 0.15) is 30.9 Å². The van der Waals surface area contributed by atoms with Crippen LogP contribution in [-0.2, 0) is 32.5 Å². The van der Waals surface area contributed by atoms with E-state index in [2.05, 4.69) is 10.6 Å². The zero-order valence-corrected chi connectivity index (χ0v) is 21.9. The number of ether oxygens (including phenoxy) is 1. The van der Waals surface area contributed by atoms with Crippen LogP contribution >= 0.6 is 11.6 Å². The Kier molecular flexibility index (Phi) is 9.72. The molecule has 1 saturated heterocycles. The van der Waals surface area contributed by atoms with Crippen LogP contribution in [0.4, 0.5) is 10.5 Å². The van der Waals surface area contributed by atoms with E-state index < -0.39 is 21.5 Å². The first-order chi connectivity index (χ1) is 17.2. The van der Waals surface area contributed by atoms with Crippen molar-refractivity contribution in [3.05, 3.63) is 64.7 Å². The van der Waals surface area contributed by atoms with Crippen LogP contribution in [0.15, 0.2) is 48.5 Å². The molecule has 2 aromatic rings. The SMILES string of the molecule is CCc1ccc(NC(=O)OCC2(C(=O)NCc3ccccc3Cl)CCN(S(=O)(=O)CCN)CC2)cc1. The van der Waals surface area contributed by atoms with E-state index in [1.807, 2.05) is 31.2 Å². The van der Waals surface area contributed by atoms with Crippen molar-refractivity contribution >= 4 is 39.3 Å².